The zero-order valence-electron chi connectivity index (χ0n) is 7.97. The first-order chi connectivity index (χ1) is 7.29. The molecule has 2 aromatic rings. The predicted octanol–water partition coefficient (Wildman–Crippen LogP) is 1.15. The van der Waals surface area contributed by atoms with Gasteiger partial charge < -0.3 is 0 Å². The second-order valence-electron chi connectivity index (χ2n) is 2.73. The van der Waals surface area contributed by atoms with Gasteiger partial charge in [0.2, 0.25) is 5.82 Å². The number of hydrogen-bond donors (Lipinski definition) is 1. The lowest BCUT2D eigenvalue weighted by molar-refractivity contribution is 0.387. The van der Waals surface area contributed by atoms with Crippen LogP contribution in [0.25, 0.3) is 11.5 Å². The molecule has 2 heterocycles. The molecule has 0 spiro atoms. The van der Waals surface area contributed by atoms with Gasteiger partial charge in [-0.15, -0.1) is 0 Å². The number of rotatable bonds is 2. The Bertz CT molecular complexity index is 524. The molecule has 76 valence electrons. The number of hydrogen-bond acceptors (Lipinski definition) is 5. The summed E-state index contributed by atoms with van der Waals surface area (Å²) >= 11 is 0. The topological polar surface area (TPSA) is 84.1 Å². The van der Waals surface area contributed by atoms with Crippen molar-refractivity contribution >= 4 is 11.9 Å². The Morgan fingerprint density at radius 1 is 1.53 bits per heavy atom. The molecule has 0 fully saturated rings. The van der Waals surface area contributed by atoms with Crippen LogP contribution in [-0.4, -0.2) is 21.3 Å². The Labute approximate surface area is 84.7 Å². The van der Waals surface area contributed by atoms with Crippen molar-refractivity contribution in [3.05, 3.63) is 28.9 Å². The van der Waals surface area contributed by atoms with Crippen molar-refractivity contribution in [2.75, 3.05) is 0 Å². The molecule has 0 aliphatic carbocycles. The van der Waals surface area contributed by atoms with E-state index in [9.17, 15) is 4.79 Å². The highest BCUT2D eigenvalue weighted by molar-refractivity contribution is 5.61. The minimum Gasteiger partial charge on any atom is -0.296 e. The molecule has 1 N–H and O–H groups in total. The first-order valence-electron chi connectivity index (χ1n) is 4.30. The van der Waals surface area contributed by atoms with E-state index < -0.39 is 5.76 Å². The van der Waals surface area contributed by atoms with Crippen LogP contribution in [-0.2, 0) is 0 Å². The zero-order chi connectivity index (χ0) is 10.7. The monoisotopic (exact) mass is 204 g/mol. The fourth-order valence-electron chi connectivity index (χ4n) is 1.09. The van der Waals surface area contributed by atoms with E-state index in [1.54, 1.807) is 24.5 Å². The largest absolute Gasteiger partial charge is 0.439 e. The molecule has 0 aliphatic rings. The third-order valence-corrected chi connectivity index (χ3v) is 1.71. The molecule has 0 aromatic carbocycles. The molecule has 2 rings (SSSR count). The fraction of sp³-hybridized carbons (Fsp3) is 0.111. The van der Waals surface area contributed by atoms with E-state index in [1.165, 1.54) is 0 Å². The normalized spacial score (nSPS) is 11.0. The number of aromatic amines is 1. The van der Waals surface area contributed by atoms with Crippen LogP contribution in [0.1, 0.15) is 6.92 Å². The molecule has 2 aromatic heterocycles. The van der Waals surface area contributed by atoms with Crippen LogP contribution in [0.15, 0.2) is 32.6 Å². The molecule has 0 saturated heterocycles. The summed E-state index contributed by atoms with van der Waals surface area (Å²) in [5.41, 5.74) is 1.28. The minimum atomic E-state index is -0.595. The summed E-state index contributed by atoms with van der Waals surface area (Å²) in [5.74, 6) is -0.283. The third kappa shape index (κ3) is 1.98. The molecule has 0 aliphatic heterocycles. The highest BCUT2D eigenvalue weighted by Gasteiger charge is 2.04. The van der Waals surface area contributed by atoms with Crippen molar-refractivity contribution < 1.29 is 4.52 Å². The van der Waals surface area contributed by atoms with Gasteiger partial charge in [-0.3, -0.25) is 19.5 Å². The van der Waals surface area contributed by atoms with E-state index in [4.69, 9.17) is 0 Å². The maximum atomic E-state index is 10.7. The van der Waals surface area contributed by atoms with Gasteiger partial charge in [0.25, 0.3) is 0 Å². The summed E-state index contributed by atoms with van der Waals surface area (Å²) in [4.78, 5) is 21.2. The third-order valence-electron chi connectivity index (χ3n) is 1.71. The first kappa shape index (κ1) is 9.32. The second kappa shape index (κ2) is 3.87. The number of H-pyrrole nitrogens is 1. The van der Waals surface area contributed by atoms with Gasteiger partial charge >= 0.3 is 5.76 Å². The maximum Gasteiger partial charge on any atom is 0.439 e. The van der Waals surface area contributed by atoms with Gasteiger partial charge in [0, 0.05) is 6.21 Å². The lowest BCUT2D eigenvalue weighted by atomic mass is 10.3. The van der Waals surface area contributed by atoms with Crippen LogP contribution in [0.2, 0.25) is 0 Å². The number of nitrogens with one attached hydrogen (secondary N) is 1. The molecule has 0 unspecified atom stereocenters. The number of aliphatic imine (C=N–C) groups is 1. The maximum absolute atomic E-state index is 10.7. The average Bonchev–Trinajstić information content (AvgIpc) is 2.67. The zero-order valence-corrected chi connectivity index (χ0v) is 7.97. The van der Waals surface area contributed by atoms with Crippen molar-refractivity contribution in [1.29, 1.82) is 0 Å². The minimum absolute atomic E-state index is 0.312. The van der Waals surface area contributed by atoms with Gasteiger partial charge in [0.1, 0.15) is 5.69 Å². The van der Waals surface area contributed by atoms with Crippen LogP contribution in [0, 0.1) is 0 Å². The summed E-state index contributed by atoms with van der Waals surface area (Å²) in [7, 11) is 0. The Hall–Kier alpha value is -2.24. The first-order valence-corrected chi connectivity index (χ1v) is 4.30. The number of pyridine rings is 1. The van der Waals surface area contributed by atoms with Crippen molar-refractivity contribution in [1.82, 2.24) is 15.1 Å². The average molecular weight is 204 g/mol. The summed E-state index contributed by atoms with van der Waals surface area (Å²) in [6.07, 6.45) is 3.26. The summed E-state index contributed by atoms with van der Waals surface area (Å²) in [6.45, 7) is 1.82. The molecule has 0 radical (unpaired) electrons. The van der Waals surface area contributed by atoms with E-state index in [-0.39, 0.29) is 0 Å². The Kier molecular flexibility index (Phi) is 2.40. The summed E-state index contributed by atoms with van der Waals surface area (Å²) in [5, 5.41) is 3.52. The fourth-order valence-corrected chi connectivity index (χ4v) is 1.09. The summed E-state index contributed by atoms with van der Waals surface area (Å²) < 4.78 is 4.37. The van der Waals surface area contributed by atoms with Crippen LogP contribution in [0.3, 0.4) is 0 Å². The van der Waals surface area contributed by atoms with Gasteiger partial charge in [-0.1, -0.05) is 5.16 Å². The molecule has 6 nitrogen and oxygen atoms in total. The lowest BCUT2D eigenvalue weighted by Crippen LogP contribution is -1.95. The highest BCUT2D eigenvalue weighted by Crippen LogP contribution is 2.14. The smallest absolute Gasteiger partial charge is 0.296 e. The second-order valence-corrected chi connectivity index (χ2v) is 2.73. The quantitative estimate of drug-likeness (QED) is 0.743. The van der Waals surface area contributed by atoms with E-state index in [1.807, 2.05) is 6.92 Å². The van der Waals surface area contributed by atoms with Gasteiger partial charge in [-0.2, -0.15) is 0 Å². The van der Waals surface area contributed by atoms with Gasteiger partial charge in [-0.25, -0.2) is 4.79 Å². The van der Waals surface area contributed by atoms with Crippen molar-refractivity contribution in [2.24, 2.45) is 4.99 Å². The van der Waals surface area contributed by atoms with E-state index in [0.29, 0.717) is 11.5 Å². The Morgan fingerprint density at radius 2 is 2.40 bits per heavy atom. The van der Waals surface area contributed by atoms with Crippen LogP contribution < -0.4 is 5.76 Å². The lowest BCUT2D eigenvalue weighted by Gasteiger charge is -1.94. The van der Waals surface area contributed by atoms with E-state index >= 15 is 0 Å². The molecule has 0 amide bonds. The number of nitrogens with zero attached hydrogens (tertiary/aromatic N) is 3. The molecular formula is C9H8N4O2. The van der Waals surface area contributed by atoms with Crippen LogP contribution in [0.4, 0.5) is 5.69 Å². The van der Waals surface area contributed by atoms with E-state index in [0.717, 1.165) is 5.69 Å². The van der Waals surface area contributed by atoms with Crippen LogP contribution in [0.5, 0.6) is 0 Å². The van der Waals surface area contributed by atoms with Gasteiger partial charge in [-0.05, 0) is 19.1 Å². The van der Waals surface area contributed by atoms with Crippen molar-refractivity contribution in [3.8, 4) is 11.5 Å². The Morgan fingerprint density at radius 3 is 2.93 bits per heavy atom. The summed E-state index contributed by atoms with van der Waals surface area (Å²) in [6, 6.07) is 3.48. The SMILES string of the molecule is CC=Nc1ccc(-c2noc(=O)[nH]2)nc1. The van der Waals surface area contributed by atoms with Crippen LogP contribution >= 0.6 is 0 Å². The van der Waals surface area contributed by atoms with E-state index in [2.05, 4.69) is 24.6 Å². The molecule has 0 atom stereocenters. The molecule has 6 heteroatoms. The standard InChI is InChI=1S/C9H8N4O2/c1-2-10-6-3-4-7(11-5-6)8-12-9(14)15-13-8/h2-5H,1H3,(H,12,13,14). The highest BCUT2D eigenvalue weighted by atomic mass is 16.5. The van der Waals surface area contributed by atoms with Crippen molar-refractivity contribution in [3.63, 3.8) is 0 Å². The molecule has 0 bridgehead atoms. The predicted molar refractivity (Wildman–Crippen MR) is 54.2 cm³/mol. The molecular weight excluding hydrogens is 196 g/mol. The molecule has 15 heavy (non-hydrogen) atoms. The van der Waals surface area contributed by atoms with Crippen molar-refractivity contribution in [2.45, 2.75) is 6.92 Å². The van der Waals surface area contributed by atoms with Gasteiger partial charge in [0.05, 0.1) is 11.9 Å². The number of aromatic nitrogens is 3. The Balaban J connectivity index is 2.35. The molecule has 0 saturated carbocycles. The van der Waals surface area contributed by atoms with Gasteiger partial charge in [0.15, 0.2) is 0 Å².